The van der Waals surface area contributed by atoms with Gasteiger partial charge in [-0.1, -0.05) is 0 Å². The van der Waals surface area contributed by atoms with Gasteiger partial charge in [-0.25, -0.2) is 0 Å². The number of carbonyl (C=O) groups is 2. The van der Waals surface area contributed by atoms with Gasteiger partial charge in [0.25, 0.3) is 0 Å². The Morgan fingerprint density at radius 1 is 1.03 bits per heavy atom. The fourth-order valence-corrected chi connectivity index (χ4v) is 4.27. The lowest BCUT2D eigenvalue weighted by atomic mass is 10.0. The maximum Gasteiger partial charge on any atom is 0.227 e. The zero-order chi connectivity index (χ0) is 21.3. The molecule has 0 bridgehead atoms. The van der Waals surface area contributed by atoms with Crippen molar-refractivity contribution in [1.82, 2.24) is 5.32 Å². The first-order valence-electron chi connectivity index (χ1n) is 10.0. The second-order valence-corrected chi connectivity index (χ2v) is 7.61. The summed E-state index contributed by atoms with van der Waals surface area (Å²) >= 11 is 0. The number of methoxy groups -OCH3 is 3. The second-order valence-electron chi connectivity index (χ2n) is 7.61. The van der Waals surface area contributed by atoms with Crippen LogP contribution in [0.2, 0.25) is 0 Å². The first-order chi connectivity index (χ1) is 14.5. The number of hydrogen-bond acceptors (Lipinski definition) is 5. The van der Waals surface area contributed by atoms with Crippen molar-refractivity contribution in [2.45, 2.75) is 25.3 Å². The van der Waals surface area contributed by atoms with E-state index in [0.29, 0.717) is 18.0 Å². The van der Waals surface area contributed by atoms with Crippen LogP contribution < -0.4 is 24.4 Å². The smallest absolute Gasteiger partial charge is 0.227 e. The van der Waals surface area contributed by atoms with Crippen molar-refractivity contribution >= 4 is 17.5 Å². The van der Waals surface area contributed by atoms with Crippen LogP contribution in [0.1, 0.15) is 30.0 Å². The number of aryl methyl sites for hydroxylation is 1. The van der Waals surface area contributed by atoms with Crippen molar-refractivity contribution in [3.05, 3.63) is 47.5 Å². The molecular weight excluding hydrogens is 384 g/mol. The number of amides is 2. The minimum Gasteiger partial charge on any atom is -0.497 e. The molecule has 7 heteroatoms. The van der Waals surface area contributed by atoms with E-state index in [1.54, 1.807) is 26.2 Å². The number of carbonyl (C=O) groups excluding carboxylic acids is 2. The maximum atomic E-state index is 12.9. The summed E-state index contributed by atoms with van der Waals surface area (Å²) in [5.74, 6) is 1.57. The quantitative estimate of drug-likeness (QED) is 0.793. The van der Waals surface area contributed by atoms with Gasteiger partial charge in [-0.05, 0) is 60.4 Å². The van der Waals surface area contributed by atoms with Crippen molar-refractivity contribution < 1.29 is 23.8 Å². The van der Waals surface area contributed by atoms with E-state index in [9.17, 15) is 9.59 Å². The zero-order valence-electron chi connectivity index (χ0n) is 17.4. The van der Waals surface area contributed by atoms with Gasteiger partial charge in [-0.15, -0.1) is 0 Å². The zero-order valence-corrected chi connectivity index (χ0v) is 17.4. The third-order valence-corrected chi connectivity index (χ3v) is 5.92. The minimum atomic E-state index is -0.371. The highest BCUT2D eigenvalue weighted by Gasteiger charge is 2.37. The molecule has 158 valence electrons. The molecule has 1 aliphatic heterocycles. The van der Waals surface area contributed by atoms with Gasteiger partial charge >= 0.3 is 0 Å². The lowest BCUT2D eigenvalue weighted by Crippen LogP contribution is -2.34. The molecule has 7 nitrogen and oxygen atoms in total. The lowest BCUT2D eigenvalue weighted by molar-refractivity contribution is -0.127. The summed E-state index contributed by atoms with van der Waals surface area (Å²) in [5.41, 5.74) is 2.98. The number of rotatable bonds is 6. The van der Waals surface area contributed by atoms with Crippen LogP contribution in [0.3, 0.4) is 0 Å². The molecule has 0 saturated carbocycles. The Kier molecular flexibility index (Phi) is 5.53. The van der Waals surface area contributed by atoms with Gasteiger partial charge < -0.3 is 24.4 Å². The van der Waals surface area contributed by atoms with E-state index in [1.165, 1.54) is 0 Å². The Hall–Kier alpha value is -3.22. The van der Waals surface area contributed by atoms with Crippen molar-refractivity contribution in [3.63, 3.8) is 0 Å². The van der Waals surface area contributed by atoms with Gasteiger partial charge in [0.2, 0.25) is 11.8 Å². The average molecular weight is 410 g/mol. The third-order valence-electron chi connectivity index (χ3n) is 5.92. The molecular formula is C23H26N2O5. The maximum absolute atomic E-state index is 12.9. The topological polar surface area (TPSA) is 77.1 Å². The minimum absolute atomic E-state index is 0.0430. The van der Waals surface area contributed by atoms with Crippen LogP contribution in [0.15, 0.2) is 36.4 Å². The summed E-state index contributed by atoms with van der Waals surface area (Å²) in [6, 6.07) is 11.1. The Labute approximate surface area is 175 Å². The van der Waals surface area contributed by atoms with Crippen LogP contribution in [0, 0.1) is 5.92 Å². The molecule has 2 aliphatic rings. The van der Waals surface area contributed by atoms with E-state index in [0.717, 1.165) is 35.4 Å². The van der Waals surface area contributed by atoms with E-state index in [2.05, 4.69) is 5.32 Å². The van der Waals surface area contributed by atoms with E-state index < -0.39 is 0 Å². The van der Waals surface area contributed by atoms with Crippen LogP contribution in [0.25, 0.3) is 0 Å². The molecule has 30 heavy (non-hydrogen) atoms. The number of hydrogen-bond donors (Lipinski definition) is 1. The summed E-state index contributed by atoms with van der Waals surface area (Å²) in [4.78, 5) is 27.1. The molecule has 1 fully saturated rings. The Morgan fingerprint density at radius 3 is 2.40 bits per heavy atom. The highest BCUT2D eigenvalue weighted by atomic mass is 16.5. The molecule has 0 unspecified atom stereocenters. The molecule has 0 radical (unpaired) electrons. The summed E-state index contributed by atoms with van der Waals surface area (Å²) in [6.07, 6.45) is 1.89. The summed E-state index contributed by atoms with van der Waals surface area (Å²) < 4.78 is 16.0. The predicted molar refractivity (Wildman–Crippen MR) is 112 cm³/mol. The lowest BCUT2D eigenvalue weighted by Gasteiger charge is -2.19. The van der Waals surface area contributed by atoms with Gasteiger partial charge in [0.05, 0.1) is 33.3 Å². The van der Waals surface area contributed by atoms with Crippen LogP contribution in [0.4, 0.5) is 5.69 Å². The highest BCUT2D eigenvalue weighted by Crippen LogP contribution is 2.39. The molecule has 2 aromatic carbocycles. The second kappa shape index (κ2) is 8.26. The number of nitrogens with one attached hydrogen (secondary N) is 1. The van der Waals surface area contributed by atoms with Crippen molar-refractivity contribution in [1.29, 1.82) is 0 Å². The van der Waals surface area contributed by atoms with Crippen LogP contribution in [-0.4, -0.2) is 39.7 Å². The molecule has 1 saturated heterocycles. The molecule has 1 N–H and O–H groups in total. The average Bonchev–Trinajstić information content (AvgIpc) is 3.35. The molecule has 2 amide bonds. The number of nitrogens with zero attached hydrogens (tertiary/aromatic N) is 1. The van der Waals surface area contributed by atoms with Crippen LogP contribution >= 0.6 is 0 Å². The number of fused-ring (bicyclic) bond motifs is 1. The summed E-state index contributed by atoms with van der Waals surface area (Å²) in [7, 11) is 4.82. The van der Waals surface area contributed by atoms with Crippen molar-refractivity contribution in [3.8, 4) is 17.2 Å². The van der Waals surface area contributed by atoms with Gasteiger partial charge in [-0.2, -0.15) is 0 Å². The summed E-state index contributed by atoms with van der Waals surface area (Å²) in [5, 5.41) is 3.14. The first kappa shape index (κ1) is 20.1. The molecule has 0 spiro atoms. The highest BCUT2D eigenvalue weighted by molar-refractivity contribution is 6.00. The molecule has 0 aromatic heterocycles. The predicted octanol–water partition coefficient (Wildman–Crippen LogP) is 2.87. The fourth-order valence-electron chi connectivity index (χ4n) is 4.27. The SMILES string of the molecule is COc1ccc(N2C[C@@H](C(=O)N[C@@H]3CCc4cc(OC)c(OC)cc43)CC2=O)cc1. The molecule has 1 aliphatic carbocycles. The van der Waals surface area contributed by atoms with Crippen LogP contribution in [-0.2, 0) is 16.0 Å². The molecule has 4 rings (SSSR count). The largest absolute Gasteiger partial charge is 0.497 e. The number of benzene rings is 2. The van der Waals surface area contributed by atoms with Crippen LogP contribution in [0.5, 0.6) is 17.2 Å². The number of anilines is 1. The fraction of sp³-hybridized carbons (Fsp3) is 0.391. The number of ether oxygens (including phenoxy) is 3. The first-order valence-corrected chi connectivity index (χ1v) is 10.0. The standard InChI is InChI=1S/C23H26N2O5/c1-28-17-7-5-16(6-8-17)25-13-15(11-22(25)26)23(27)24-19-9-4-14-10-20(29-2)21(30-3)12-18(14)19/h5-8,10,12,15,19H,4,9,11,13H2,1-3H3,(H,24,27)/t15-,19+/m0/s1. The van der Waals surface area contributed by atoms with E-state index >= 15 is 0 Å². The van der Waals surface area contributed by atoms with E-state index in [-0.39, 0.29) is 30.2 Å². The van der Waals surface area contributed by atoms with Gasteiger partial charge in [0.15, 0.2) is 11.5 Å². The van der Waals surface area contributed by atoms with Gasteiger partial charge in [-0.3, -0.25) is 9.59 Å². The molecule has 1 heterocycles. The monoisotopic (exact) mass is 410 g/mol. The van der Waals surface area contributed by atoms with Gasteiger partial charge in [0, 0.05) is 18.7 Å². The molecule has 2 atom stereocenters. The Balaban J connectivity index is 1.45. The Bertz CT molecular complexity index is 957. The molecule has 2 aromatic rings. The van der Waals surface area contributed by atoms with E-state index in [1.807, 2.05) is 36.4 Å². The Morgan fingerprint density at radius 2 is 1.73 bits per heavy atom. The van der Waals surface area contributed by atoms with Crippen molar-refractivity contribution in [2.24, 2.45) is 5.92 Å². The normalized spacial score (nSPS) is 20.1. The van der Waals surface area contributed by atoms with E-state index in [4.69, 9.17) is 14.2 Å². The van der Waals surface area contributed by atoms with Gasteiger partial charge in [0.1, 0.15) is 5.75 Å². The third kappa shape index (κ3) is 3.67. The van der Waals surface area contributed by atoms with Crippen molar-refractivity contribution in [2.75, 3.05) is 32.8 Å². The summed E-state index contributed by atoms with van der Waals surface area (Å²) in [6.45, 7) is 0.377.